The van der Waals surface area contributed by atoms with Crippen LogP contribution in [0.2, 0.25) is 0 Å². The standard InChI is InChI=1S/C17H18N6O2/c24-16(19-14-6-2-5-13-12(14)7-8-18-13)10-23-9-15(21-22-23)20-17(25)11-3-1-4-11/h2,5-9,11,18H,1,3-4,10H2,(H,19,24)(H,20,25). The Balaban J connectivity index is 1.38. The average Bonchev–Trinajstić information content (AvgIpc) is 3.15. The highest BCUT2D eigenvalue weighted by Gasteiger charge is 2.25. The van der Waals surface area contributed by atoms with Crippen molar-refractivity contribution in [3.63, 3.8) is 0 Å². The highest BCUT2D eigenvalue weighted by molar-refractivity contribution is 6.01. The smallest absolute Gasteiger partial charge is 0.246 e. The molecule has 0 saturated heterocycles. The van der Waals surface area contributed by atoms with Crippen molar-refractivity contribution < 1.29 is 9.59 Å². The van der Waals surface area contributed by atoms with Gasteiger partial charge in [-0.2, -0.15) is 0 Å². The SMILES string of the molecule is O=C(Cn1cc(NC(=O)C2CCC2)nn1)Nc1cccc2[nH]ccc12. The number of anilines is 2. The quantitative estimate of drug-likeness (QED) is 0.663. The molecule has 1 saturated carbocycles. The molecule has 0 aliphatic heterocycles. The fourth-order valence-corrected chi connectivity index (χ4v) is 2.86. The first kappa shape index (κ1) is 15.4. The van der Waals surface area contributed by atoms with Gasteiger partial charge in [0.1, 0.15) is 6.54 Å². The molecule has 0 radical (unpaired) electrons. The molecule has 0 spiro atoms. The number of nitrogens with one attached hydrogen (secondary N) is 3. The van der Waals surface area contributed by atoms with Crippen molar-refractivity contribution in [2.24, 2.45) is 5.92 Å². The number of hydrogen-bond donors (Lipinski definition) is 3. The molecule has 2 amide bonds. The van der Waals surface area contributed by atoms with Crippen molar-refractivity contribution in [1.29, 1.82) is 0 Å². The van der Waals surface area contributed by atoms with Gasteiger partial charge in [-0.1, -0.05) is 17.7 Å². The molecule has 2 aromatic heterocycles. The average molecular weight is 338 g/mol. The third kappa shape index (κ3) is 3.23. The van der Waals surface area contributed by atoms with Crippen molar-refractivity contribution in [2.45, 2.75) is 25.8 Å². The molecule has 1 aliphatic rings. The number of carbonyl (C=O) groups excluding carboxylic acids is 2. The van der Waals surface area contributed by atoms with E-state index in [1.165, 1.54) is 4.68 Å². The van der Waals surface area contributed by atoms with E-state index in [-0.39, 0.29) is 24.3 Å². The van der Waals surface area contributed by atoms with Crippen molar-refractivity contribution >= 4 is 34.2 Å². The maximum absolute atomic E-state index is 12.2. The number of H-pyrrole nitrogens is 1. The molecule has 1 aromatic carbocycles. The van der Waals surface area contributed by atoms with E-state index >= 15 is 0 Å². The van der Waals surface area contributed by atoms with E-state index in [1.807, 2.05) is 30.5 Å². The second-order valence-corrected chi connectivity index (χ2v) is 6.21. The highest BCUT2D eigenvalue weighted by atomic mass is 16.2. The second-order valence-electron chi connectivity index (χ2n) is 6.21. The van der Waals surface area contributed by atoms with Crippen LogP contribution in [-0.2, 0) is 16.1 Å². The Morgan fingerprint density at radius 1 is 1.24 bits per heavy atom. The lowest BCUT2D eigenvalue weighted by molar-refractivity contribution is -0.122. The summed E-state index contributed by atoms with van der Waals surface area (Å²) in [5, 5.41) is 14.3. The first-order chi connectivity index (χ1) is 12.2. The fourth-order valence-electron chi connectivity index (χ4n) is 2.86. The lowest BCUT2D eigenvalue weighted by Crippen LogP contribution is -2.28. The summed E-state index contributed by atoms with van der Waals surface area (Å²) in [6.07, 6.45) is 6.33. The number of amides is 2. The number of aromatic nitrogens is 4. The fraction of sp³-hybridized carbons (Fsp3) is 0.294. The van der Waals surface area contributed by atoms with Gasteiger partial charge in [0.25, 0.3) is 0 Å². The normalized spacial score (nSPS) is 14.2. The Kier molecular flexibility index (Phi) is 3.93. The summed E-state index contributed by atoms with van der Waals surface area (Å²) in [6.45, 7) is 0.0209. The number of nitrogens with zero attached hydrogens (tertiary/aromatic N) is 3. The Labute approximate surface area is 143 Å². The van der Waals surface area contributed by atoms with Crippen molar-refractivity contribution in [3.05, 3.63) is 36.7 Å². The van der Waals surface area contributed by atoms with E-state index in [2.05, 4.69) is 25.9 Å². The van der Waals surface area contributed by atoms with Gasteiger partial charge in [0.2, 0.25) is 11.8 Å². The molecule has 0 bridgehead atoms. The van der Waals surface area contributed by atoms with Crippen molar-refractivity contribution in [1.82, 2.24) is 20.0 Å². The molecule has 0 unspecified atom stereocenters. The van der Waals surface area contributed by atoms with E-state index in [1.54, 1.807) is 6.20 Å². The van der Waals surface area contributed by atoms with Crippen LogP contribution in [0, 0.1) is 5.92 Å². The molecule has 0 atom stereocenters. The highest BCUT2D eigenvalue weighted by Crippen LogP contribution is 2.27. The summed E-state index contributed by atoms with van der Waals surface area (Å²) in [4.78, 5) is 27.2. The monoisotopic (exact) mass is 338 g/mol. The van der Waals surface area contributed by atoms with Crippen LogP contribution in [0.25, 0.3) is 10.9 Å². The van der Waals surface area contributed by atoms with Crippen LogP contribution in [0.1, 0.15) is 19.3 Å². The van der Waals surface area contributed by atoms with Gasteiger partial charge in [-0.05, 0) is 31.0 Å². The van der Waals surface area contributed by atoms with Gasteiger partial charge in [0, 0.05) is 23.0 Å². The molecular formula is C17H18N6O2. The number of carbonyl (C=O) groups is 2. The first-order valence-electron chi connectivity index (χ1n) is 8.26. The Bertz CT molecular complexity index is 924. The van der Waals surface area contributed by atoms with Crippen LogP contribution in [0.3, 0.4) is 0 Å². The van der Waals surface area contributed by atoms with E-state index in [9.17, 15) is 9.59 Å². The topological polar surface area (TPSA) is 105 Å². The minimum absolute atomic E-state index is 0.0209. The van der Waals surface area contributed by atoms with Gasteiger partial charge in [-0.15, -0.1) is 5.10 Å². The van der Waals surface area contributed by atoms with Crippen molar-refractivity contribution in [2.75, 3.05) is 10.6 Å². The Morgan fingerprint density at radius 2 is 2.12 bits per heavy atom. The van der Waals surface area contributed by atoms with Gasteiger partial charge < -0.3 is 15.6 Å². The molecule has 2 heterocycles. The lowest BCUT2D eigenvalue weighted by atomic mass is 9.85. The Hall–Kier alpha value is -3.16. The van der Waals surface area contributed by atoms with Gasteiger partial charge in [-0.25, -0.2) is 4.68 Å². The zero-order valence-electron chi connectivity index (χ0n) is 13.5. The maximum atomic E-state index is 12.2. The summed E-state index contributed by atoms with van der Waals surface area (Å²) in [6, 6.07) is 7.58. The third-order valence-corrected chi connectivity index (χ3v) is 4.44. The van der Waals surface area contributed by atoms with E-state index in [0.717, 1.165) is 35.9 Å². The largest absolute Gasteiger partial charge is 0.361 e. The van der Waals surface area contributed by atoms with Crippen LogP contribution in [0.15, 0.2) is 36.7 Å². The number of benzene rings is 1. The summed E-state index contributed by atoms with van der Waals surface area (Å²) in [7, 11) is 0. The molecular weight excluding hydrogens is 320 g/mol. The number of fused-ring (bicyclic) bond motifs is 1. The predicted octanol–water partition coefficient (Wildman–Crippen LogP) is 2.14. The van der Waals surface area contributed by atoms with Gasteiger partial charge in [0.15, 0.2) is 5.82 Å². The molecule has 3 aromatic rings. The van der Waals surface area contributed by atoms with E-state index in [0.29, 0.717) is 5.82 Å². The van der Waals surface area contributed by atoms with Crippen LogP contribution < -0.4 is 10.6 Å². The summed E-state index contributed by atoms with van der Waals surface area (Å²) >= 11 is 0. The third-order valence-electron chi connectivity index (χ3n) is 4.44. The molecule has 25 heavy (non-hydrogen) atoms. The van der Waals surface area contributed by atoms with Crippen LogP contribution in [0.5, 0.6) is 0 Å². The maximum Gasteiger partial charge on any atom is 0.246 e. The first-order valence-corrected chi connectivity index (χ1v) is 8.26. The molecule has 1 fully saturated rings. The van der Waals surface area contributed by atoms with Gasteiger partial charge >= 0.3 is 0 Å². The predicted molar refractivity (Wildman–Crippen MR) is 92.9 cm³/mol. The van der Waals surface area contributed by atoms with E-state index in [4.69, 9.17) is 0 Å². The van der Waals surface area contributed by atoms with Crippen molar-refractivity contribution in [3.8, 4) is 0 Å². The molecule has 4 rings (SSSR count). The zero-order valence-corrected chi connectivity index (χ0v) is 13.5. The minimum Gasteiger partial charge on any atom is -0.361 e. The number of aromatic amines is 1. The van der Waals surface area contributed by atoms with Crippen LogP contribution in [-0.4, -0.2) is 31.8 Å². The van der Waals surface area contributed by atoms with E-state index < -0.39 is 0 Å². The lowest BCUT2D eigenvalue weighted by Gasteiger charge is -2.23. The van der Waals surface area contributed by atoms with Crippen LogP contribution >= 0.6 is 0 Å². The number of rotatable bonds is 5. The number of hydrogen-bond acceptors (Lipinski definition) is 4. The molecule has 3 N–H and O–H groups in total. The molecule has 1 aliphatic carbocycles. The molecule has 128 valence electrons. The van der Waals surface area contributed by atoms with Gasteiger partial charge in [-0.3, -0.25) is 9.59 Å². The Morgan fingerprint density at radius 3 is 2.92 bits per heavy atom. The second kappa shape index (κ2) is 6.39. The van der Waals surface area contributed by atoms with Crippen LogP contribution in [0.4, 0.5) is 11.5 Å². The zero-order chi connectivity index (χ0) is 17.2. The van der Waals surface area contributed by atoms with Gasteiger partial charge in [0.05, 0.1) is 11.9 Å². The summed E-state index contributed by atoms with van der Waals surface area (Å²) in [5.41, 5.74) is 1.70. The molecule has 8 nitrogen and oxygen atoms in total. The molecule has 8 heteroatoms. The summed E-state index contributed by atoms with van der Waals surface area (Å²) < 4.78 is 1.41. The minimum atomic E-state index is -0.213. The summed E-state index contributed by atoms with van der Waals surface area (Å²) in [5.74, 6) is 0.213.